The molecule has 2 aromatic heterocycles. The van der Waals surface area contributed by atoms with Gasteiger partial charge in [-0.25, -0.2) is 9.97 Å². The highest BCUT2D eigenvalue weighted by molar-refractivity contribution is 7.18. The van der Waals surface area contributed by atoms with Crippen molar-refractivity contribution in [2.24, 2.45) is 0 Å². The van der Waals surface area contributed by atoms with E-state index in [-0.39, 0.29) is 17.7 Å². The Kier molecular flexibility index (Phi) is 6.44. The third kappa shape index (κ3) is 4.81. The minimum atomic E-state index is -0.0132. The first-order chi connectivity index (χ1) is 16.1. The monoisotopic (exact) mass is 466 g/mol. The SMILES string of the molecule is Cc1oc(C2CCN(C(=O)CCCc3nc4ccccc4s3)CC2)nc1C(=O)N1CCCC1. The lowest BCUT2D eigenvalue weighted by Crippen LogP contribution is -2.37. The molecule has 2 aliphatic rings. The Morgan fingerprint density at radius 1 is 1.06 bits per heavy atom. The van der Waals surface area contributed by atoms with Crippen LogP contribution in [0.25, 0.3) is 10.2 Å². The van der Waals surface area contributed by atoms with Gasteiger partial charge in [-0.2, -0.15) is 0 Å². The van der Waals surface area contributed by atoms with Gasteiger partial charge in [0.1, 0.15) is 5.76 Å². The minimum absolute atomic E-state index is 0.0132. The van der Waals surface area contributed by atoms with E-state index in [0.717, 1.165) is 62.1 Å². The van der Waals surface area contributed by atoms with Gasteiger partial charge in [-0.05, 0) is 57.6 Å². The van der Waals surface area contributed by atoms with Crippen LogP contribution in [0.3, 0.4) is 0 Å². The number of rotatable bonds is 6. The van der Waals surface area contributed by atoms with Crippen molar-refractivity contribution in [3.63, 3.8) is 0 Å². The van der Waals surface area contributed by atoms with Crippen molar-refractivity contribution in [2.45, 2.75) is 57.8 Å². The van der Waals surface area contributed by atoms with E-state index >= 15 is 0 Å². The van der Waals surface area contributed by atoms with Gasteiger partial charge in [0.15, 0.2) is 11.6 Å². The highest BCUT2D eigenvalue weighted by Crippen LogP contribution is 2.30. The summed E-state index contributed by atoms with van der Waals surface area (Å²) >= 11 is 1.72. The highest BCUT2D eigenvalue weighted by atomic mass is 32.1. The summed E-state index contributed by atoms with van der Waals surface area (Å²) in [6.07, 6.45) is 5.96. The van der Waals surface area contributed by atoms with Crippen LogP contribution in [0.4, 0.5) is 0 Å². The topological polar surface area (TPSA) is 79.5 Å². The molecule has 174 valence electrons. The van der Waals surface area contributed by atoms with Crippen molar-refractivity contribution >= 4 is 33.4 Å². The van der Waals surface area contributed by atoms with Crippen LogP contribution in [0, 0.1) is 6.92 Å². The first-order valence-corrected chi connectivity index (χ1v) is 12.8. The molecule has 3 aromatic rings. The second-order valence-corrected chi connectivity index (χ2v) is 10.2. The van der Waals surface area contributed by atoms with Crippen molar-refractivity contribution in [2.75, 3.05) is 26.2 Å². The zero-order valence-corrected chi connectivity index (χ0v) is 19.9. The molecule has 0 bridgehead atoms. The average Bonchev–Trinajstić information content (AvgIpc) is 3.58. The Balaban J connectivity index is 1.10. The standard InChI is InChI=1S/C25H30N4O3S/c1-17-23(25(31)29-13-4-5-14-29)27-24(32-17)18-11-15-28(16-12-18)22(30)10-6-9-21-26-19-7-2-3-8-20(19)33-21/h2-3,7-8,18H,4-6,9-16H2,1H3. The first kappa shape index (κ1) is 22.1. The highest BCUT2D eigenvalue weighted by Gasteiger charge is 2.30. The van der Waals surface area contributed by atoms with Gasteiger partial charge in [-0.3, -0.25) is 9.59 Å². The number of thiazole rings is 1. The maximum absolute atomic E-state index is 12.7. The number of hydrogen-bond donors (Lipinski definition) is 0. The maximum atomic E-state index is 12.7. The Morgan fingerprint density at radius 3 is 2.58 bits per heavy atom. The molecular formula is C25H30N4O3S. The quantitative estimate of drug-likeness (QED) is 0.532. The Labute approximate surface area is 197 Å². The number of nitrogens with zero attached hydrogens (tertiary/aromatic N) is 4. The molecule has 2 saturated heterocycles. The van der Waals surface area contributed by atoms with Crippen LogP contribution in [-0.4, -0.2) is 57.8 Å². The molecule has 0 spiro atoms. The van der Waals surface area contributed by atoms with E-state index in [1.54, 1.807) is 11.3 Å². The number of oxazole rings is 1. The minimum Gasteiger partial charge on any atom is -0.445 e. The van der Waals surface area contributed by atoms with Gasteiger partial charge in [0.2, 0.25) is 5.91 Å². The van der Waals surface area contributed by atoms with Crippen LogP contribution < -0.4 is 0 Å². The van der Waals surface area contributed by atoms with E-state index < -0.39 is 0 Å². The van der Waals surface area contributed by atoms with Crippen molar-refractivity contribution in [1.29, 1.82) is 0 Å². The number of piperidine rings is 1. The van der Waals surface area contributed by atoms with Gasteiger partial charge >= 0.3 is 0 Å². The van der Waals surface area contributed by atoms with E-state index in [0.29, 0.717) is 36.9 Å². The predicted octanol–water partition coefficient (Wildman–Crippen LogP) is 4.56. The number of carbonyl (C=O) groups is 2. The molecule has 0 unspecified atom stereocenters. The summed E-state index contributed by atoms with van der Waals surface area (Å²) in [5.74, 6) is 1.62. The van der Waals surface area contributed by atoms with Gasteiger partial charge < -0.3 is 14.2 Å². The third-order valence-electron chi connectivity index (χ3n) is 6.73. The van der Waals surface area contributed by atoms with E-state index in [9.17, 15) is 9.59 Å². The molecule has 33 heavy (non-hydrogen) atoms. The molecule has 1 aromatic carbocycles. The van der Waals surface area contributed by atoms with E-state index in [2.05, 4.69) is 16.0 Å². The Bertz CT molecular complexity index is 1110. The molecule has 2 amide bonds. The number of fused-ring (bicyclic) bond motifs is 1. The van der Waals surface area contributed by atoms with Crippen molar-refractivity contribution in [3.05, 3.63) is 46.6 Å². The van der Waals surface area contributed by atoms with Gasteiger partial charge in [-0.1, -0.05) is 12.1 Å². The van der Waals surface area contributed by atoms with Crippen LogP contribution in [0.1, 0.15) is 71.6 Å². The second-order valence-electron chi connectivity index (χ2n) is 9.04. The van der Waals surface area contributed by atoms with Crippen LogP contribution in [-0.2, 0) is 11.2 Å². The summed E-state index contributed by atoms with van der Waals surface area (Å²) < 4.78 is 7.10. The summed E-state index contributed by atoms with van der Waals surface area (Å²) in [5.41, 5.74) is 1.50. The second kappa shape index (κ2) is 9.63. The zero-order valence-electron chi connectivity index (χ0n) is 19.1. The van der Waals surface area contributed by atoms with E-state index in [1.807, 2.05) is 34.9 Å². The molecule has 0 saturated carbocycles. The van der Waals surface area contributed by atoms with Crippen molar-refractivity contribution in [1.82, 2.24) is 19.8 Å². The fourth-order valence-corrected chi connectivity index (χ4v) is 5.82. The lowest BCUT2D eigenvalue weighted by Gasteiger charge is -2.30. The Hall–Kier alpha value is -2.74. The van der Waals surface area contributed by atoms with Gasteiger partial charge in [0.25, 0.3) is 5.91 Å². The normalized spacial score (nSPS) is 17.2. The van der Waals surface area contributed by atoms with Gasteiger partial charge in [0, 0.05) is 38.5 Å². The average molecular weight is 467 g/mol. The molecule has 0 N–H and O–H groups in total. The lowest BCUT2D eigenvalue weighted by molar-refractivity contribution is -0.132. The van der Waals surface area contributed by atoms with Crippen LogP contribution in [0.2, 0.25) is 0 Å². The van der Waals surface area contributed by atoms with Crippen molar-refractivity contribution in [3.8, 4) is 0 Å². The molecule has 0 atom stereocenters. The summed E-state index contributed by atoms with van der Waals surface area (Å²) in [6.45, 7) is 4.85. The number of likely N-dealkylation sites (tertiary alicyclic amines) is 2. The summed E-state index contributed by atoms with van der Waals surface area (Å²) in [7, 11) is 0. The van der Waals surface area contributed by atoms with Gasteiger partial charge in [0.05, 0.1) is 15.2 Å². The number of aromatic nitrogens is 2. The molecule has 2 aliphatic heterocycles. The van der Waals surface area contributed by atoms with Gasteiger partial charge in [-0.15, -0.1) is 11.3 Å². The molecule has 7 nitrogen and oxygen atoms in total. The molecule has 4 heterocycles. The van der Waals surface area contributed by atoms with Crippen LogP contribution in [0.15, 0.2) is 28.7 Å². The first-order valence-electron chi connectivity index (χ1n) is 12.0. The smallest absolute Gasteiger partial charge is 0.276 e. The number of hydrogen-bond acceptors (Lipinski definition) is 6. The molecule has 8 heteroatoms. The van der Waals surface area contributed by atoms with Crippen LogP contribution in [0.5, 0.6) is 0 Å². The number of para-hydroxylation sites is 1. The number of aryl methyl sites for hydroxylation is 2. The predicted molar refractivity (Wildman–Crippen MR) is 127 cm³/mol. The fraction of sp³-hybridized carbons (Fsp3) is 0.520. The summed E-state index contributed by atoms with van der Waals surface area (Å²) in [5, 5.41) is 1.10. The Morgan fingerprint density at radius 2 is 1.82 bits per heavy atom. The van der Waals surface area contributed by atoms with Crippen molar-refractivity contribution < 1.29 is 14.0 Å². The molecule has 2 fully saturated rings. The van der Waals surface area contributed by atoms with E-state index in [1.165, 1.54) is 4.70 Å². The number of carbonyl (C=O) groups excluding carboxylic acids is 2. The third-order valence-corrected chi connectivity index (χ3v) is 7.82. The number of amides is 2. The number of benzene rings is 1. The molecule has 5 rings (SSSR count). The van der Waals surface area contributed by atoms with Crippen LogP contribution >= 0.6 is 11.3 Å². The maximum Gasteiger partial charge on any atom is 0.276 e. The molecule has 0 aliphatic carbocycles. The zero-order chi connectivity index (χ0) is 22.8. The fourth-order valence-electron chi connectivity index (χ4n) is 4.81. The molecule has 0 radical (unpaired) electrons. The van der Waals surface area contributed by atoms with E-state index in [4.69, 9.17) is 4.42 Å². The lowest BCUT2D eigenvalue weighted by atomic mass is 9.96. The summed E-state index contributed by atoms with van der Waals surface area (Å²) in [6, 6.07) is 8.16. The largest absolute Gasteiger partial charge is 0.445 e. The molecular weight excluding hydrogens is 436 g/mol. The summed E-state index contributed by atoms with van der Waals surface area (Å²) in [4.78, 5) is 38.5.